The van der Waals surface area contributed by atoms with Crippen LogP contribution in [0, 0.1) is 0 Å². The number of hydrogen-bond acceptors (Lipinski definition) is 6. The van der Waals surface area contributed by atoms with Crippen molar-refractivity contribution in [3.05, 3.63) is 5.89 Å². The minimum atomic E-state index is 0.388. The van der Waals surface area contributed by atoms with Crippen LogP contribution in [-0.2, 0) is 11.2 Å². The highest BCUT2D eigenvalue weighted by atomic mass is 16.5. The van der Waals surface area contributed by atoms with E-state index in [9.17, 15) is 0 Å². The van der Waals surface area contributed by atoms with Crippen LogP contribution in [0.1, 0.15) is 44.4 Å². The van der Waals surface area contributed by atoms with Crippen molar-refractivity contribution in [2.45, 2.75) is 51.0 Å². The molecular formula is C15H26N4O2. The minimum Gasteiger partial charge on any atom is -0.378 e. The Kier molecular flexibility index (Phi) is 5.46. The number of hydrogen-bond donors (Lipinski definition) is 1. The summed E-state index contributed by atoms with van der Waals surface area (Å²) in [5, 5.41) is 7.46. The normalized spacial score (nSPS) is 21.4. The van der Waals surface area contributed by atoms with Gasteiger partial charge in [-0.05, 0) is 43.9 Å². The third kappa shape index (κ3) is 4.41. The highest BCUT2D eigenvalue weighted by molar-refractivity contribution is 5.27. The fourth-order valence-electron chi connectivity index (χ4n) is 3.02. The van der Waals surface area contributed by atoms with Gasteiger partial charge in [-0.25, -0.2) is 0 Å². The summed E-state index contributed by atoms with van der Waals surface area (Å²) in [5.74, 6) is 1.46. The number of nitrogens with zero attached hydrogens (tertiary/aromatic N) is 3. The molecule has 0 atom stereocenters. The van der Waals surface area contributed by atoms with Crippen molar-refractivity contribution in [2.75, 3.05) is 37.7 Å². The summed E-state index contributed by atoms with van der Waals surface area (Å²) in [7, 11) is 0. The van der Waals surface area contributed by atoms with Gasteiger partial charge in [0.25, 0.3) is 5.95 Å². The predicted octanol–water partition coefficient (Wildman–Crippen LogP) is 1.76. The first-order chi connectivity index (χ1) is 10.4. The Labute approximate surface area is 126 Å². The van der Waals surface area contributed by atoms with Crippen molar-refractivity contribution in [2.24, 2.45) is 0 Å². The van der Waals surface area contributed by atoms with E-state index in [1.807, 2.05) is 0 Å². The van der Waals surface area contributed by atoms with Gasteiger partial charge in [0.05, 0.1) is 19.1 Å². The molecule has 1 N–H and O–H groups in total. The molecule has 0 aromatic carbocycles. The number of aromatic nitrogens is 2. The van der Waals surface area contributed by atoms with Gasteiger partial charge in [-0.1, -0.05) is 12.8 Å². The molecule has 2 saturated heterocycles. The summed E-state index contributed by atoms with van der Waals surface area (Å²) in [6, 6.07) is 0. The predicted molar refractivity (Wildman–Crippen MR) is 80.5 cm³/mol. The lowest BCUT2D eigenvalue weighted by Crippen LogP contribution is -2.32. The molecule has 0 aliphatic carbocycles. The lowest BCUT2D eigenvalue weighted by Gasteiger charge is -2.22. The molecule has 3 rings (SSSR count). The number of rotatable bonds is 5. The summed E-state index contributed by atoms with van der Waals surface area (Å²) < 4.78 is 11.2. The first-order valence-electron chi connectivity index (χ1n) is 8.32. The van der Waals surface area contributed by atoms with E-state index in [-0.39, 0.29) is 0 Å². The van der Waals surface area contributed by atoms with Gasteiger partial charge in [0.15, 0.2) is 0 Å². The van der Waals surface area contributed by atoms with Gasteiger partial charge < -0.3 is 19.5 Å². The van der Waals surface area contributed by atoms with Crippen LogP contribution in [0.5, 0.6) is 0 Å². The van der Waals surface area contributed by atoms with Crippen molar-refractivity contribution in [1.82, 2.24) is 15.5 Å². The smallest absolute Gasteiger partial charge is 0.266 e. The average Bonchev–Trinajstić information content (AvgIpc) is 2.82. The van der Waals surface area contributed by atoms with Gasteiger partial charge in [0, 0.05) is 13.1 Å². The Hall–Kier alpha value is -1.14. The molecule has 118 valence electrons. The molecule has 0 amide bonds. The zero-order valence-electron chi connectivity index (χ0n) is 12.7. The van der Waals surface area contributed by atoms with Crippen molar-refractivity contribution < 1.29 is 9.26 Å². The summed E-state index contributed by atoms with van der Waals surface area (Å²) in [6.07, 6.45) is 8.37. The Morgan fingerprint density at radius 2 is 1.90 bits per heavy atom. The average molecular weight is 294 g/mol. The third-order valence-corrected chi connectivity index (χ3v) is 4.30. The first kappa shape index (κ1) is 14.8. The standard InChI is InChI=1S/C15H26N4O2/c1-2-4-11-19(10-3-1)15-17-14(21-18-15)7-12-20-13-5-8-16-9-6-13/h13,16H,1-12H2. The van der Waals surface area contributed by atoms with E-state index >= 15 is 0 Å². The number of piperidine rings is 1. The van der Waals surface area contributed by atoms with Crippen LogP contribution < -0.4 is 10.2 Å². The second-order valence-corrected chi connectivity index (χ2v) is 5.96. The van der Waals surface area contributed by atoms with Crippen LogP contribution >= 0.6 is 0 Å². The number of nitrogens with one attached hydrogen (secondary N) is 1. The lowest BCUT2D eigenvalue weighted by molar-refractivity contribution is 0.0322. The fraction of sp³-hybridized carbons (Fsp3) is 0.867. The van der Waals surface area contributed by atoms with Gasteiger partial charge in [-0.2, -0.15) is 4.98 Å². The van der Waals surface area contributed by atoms with Crippen molar-refractivity contribution in [3.8, 4) is 0 Å². The van der Waals surface area contributed by atoms with E-state index in [0.29, 0.717) is 25.0 Å². The molecule has 0 radical (unpaired) electrons. The molecule has 2 fully saturated rings. The topological polar surface area (TPSA) is 63.4 Å². The van der Waals surface area contributed by atoms with Crippen molar-refractivity contribution >= 4 is 5.95 Å². The maximum Gasteiger partial charge on any atom is 0.266 e. The molecule has 0 unspecified atom stereocenters. The van der Waals surface area contributed by atoms with E-state index in [2.05, 4.69) is 20.4 Å². The van der Waals surface area contributed by atoms with Crippen molar-refractivity contribution in [1.29, 1.82) is 0 Å². The molecule has 2 aliphatic heterocycles. The molecule has 2 aliphatic rings. The van der Waals surface area contributed by atoms with Gasteiger partial charge >= 0.3 is 0 Å². The monoisotopic (exact) mass is 294 g/mol. The molecule has 1 aromatic heterocycles. The van der Waals surface area contributed by atoms with Crippen LogP contribution in [0.4, 0.5) is 5.95 Å². The van der Waals surface area contributed by atoms with E-state index in [0.717, 1.165) is 45.0 Å². The SMILES string of the molecule is C1CCCN(c2noc(CCOC3CCNCC3)n2)CC1. The van der Waals surface area contributed by atoms with Crippen LogP contribution in [0.2, 0.25) is 0 Å². The lowest BCUT2D eigenvalue weighted by atomic mass is 10.1. The van der Waals surface area contributed by atoms with E-state index in [1.54, 1.807) is 0 Å². The van der Waals surface area contributed by atoms with E-state index in [1.165, 1.54) is 25.7 Å². The summed E-state index contributed by atoms with van der Waals surface area (Å²) in [5.41, 5.74) is 0. The Morgan fingerprint density at radius 3 is 2.67 bits per heavy atom. The molecule has 6 nitrogen and oxygen atoms in total. The Morgan fingerprint density at radius 1 is 1.14 bits per heavy atom. The molecule has 6 heteroatoms. The molecule has 0 spiro atoms. The summed E-state index contributed by atoms with van der Waals surface area (Å²) in [4.78, 5) is 6.76. The van der Waals surface area contributed by atoms with Crippen LogP contribution in [0.25, 0.3) is 0 Å². The fourth-order valence-corrected chi connectivity index (χ4v) is 3.02. The molecule has 0 bridgehead atoms. The molecule has 3 heterocycles. The van der Waals surface area contributed by atoms with Crippen LogP contribution in [0.3, 0.4) is 0 Å². The quantitative estimate of drug-likeness (QED) is 0.893. The highest BCUT2D eigenvalue weighted by Gasteiger charge is 2.17. The Bertz CT molecular complexity index is 410. The molecule has 1 aromatic rings. The maximum absolute atomic E-state index is 5.88. The zero-order chi connectivity index (χ0) is 14.3. The molecule has 21 heavy (non-hydrogen) atoms. The zero-order valence-corrected chi connectivity index (χ0v) is 12.7. The highest BCUT2D eigenvalue weighted by Crippen LogP contribution is 2.16. The van der Waals surface area contributed by atoms with E-state index in [4.69, 9.17) is 9.26 Å². The molecule has 0 saturated carbocycles. The van der Waals surface area contributed by atoms with Gasteiger partial charge in [-0.15, -0.1) is 0 Å². The van der Waals surface area contributed by atoms with Crippen molar-refractivity contribution in [3.63, 3.8) is 0 Å². The van der Waals surface area contributed by atoms with Gasteiger partial charge in [0.1, 0.15) is 0 Å². The summed E-state index contributed by atoms with van der Waals surface area (Å²) in [6.45, 7) is 4.88. The number of ether oxygens (including phenoxy) is 1. The molecular weight excluding hydrogens is 268 g/mol. The largest absolute Gasteiger partial charge is 0.378 e. The Balaban J connectivity index is 1.43. The second-order valence-electron chi connectivity index (χ2n) is 5.96. The van der Waals surface area contributed by atoms with Crippen LogP contribution in [0.15, 0.2) is 4.52 Å². The third-order valence-electron chi connectivity index (χ3n) is 4.30. The van der Waals surface area contributed by atoms with E-state index < -0.39 is 0 Å². The number of anilines is 1. The minimum absolute atomic E-state index is 0.388. The summed E-state index contributed by atoms with van der Waals surface area (Å²) >= 11 is 0. The first-order valence-corrected chi connectivity index (χ1v) is 8.32. The van der Waals surface area contributed by atoms with Crippen LogP contribution in [-0.4, -0.2) is 49.0 Å². The maximum atomic E-state index is 5.88. The second kappa shape index (κ2) is 7.75. The van der Waals surface area contributed by atoms with Gasteiger partial charge in [-0.3, -0.25) is 0 Å². The van der Waals surface area contributed by atoms with Gasteiger partial charge in [0.2, 0.25) is 5.89 Å².